The molecular weight excluding hydrogens is 158 g/mol. The molecule has 0 unspecified atom stereocenters. The van der Waals surface area contributed by atoms with E-state index in [1.165, 1.54) is 12.8 Å². The van der Waals surface area contributed by atoms with E-state index in [4.69, 9.17) is 0 Å². The molecule has 0 bridgehead atoms. The highest BCUT2D eigenvalue weighted by Gasteiger charge is 2.07. The molecule has 0 rings (SSSR count). The van der Waals surface area contributed by atoms with Gasteiger partial charge in [-0.25, -0.2) is 0 Å². The lowest BCUT2D eigenvalue weighted by molar-refractivity contribution is 0.256. The van der Waals surface area contributed by atoms with Gasteiger partial charge >= 0.3 is 0 Å². The Labute approximate surface area is 83.5 Å². The van der Waals surface area contributed by atoms with Crippen LogP contribution in [0.2, 0.25) is 0 Å². The van der Waals surface area contributed by atoms with Crippen LogP contribution < -0.4 is 0 Å². The van der Waals surface area contributed by atoms with E-state index < -0.39 is 0 Å². The lowest BCUT2D eigenvalue weighted by Gasteiger charge is -2.23. The van der Waals surface area contributed by atoms with Crippen LogP contribution in [0.25, 0.3) is 0 Å². The maximum atomic E-state index is 3.21. The third-order valence-corrected chi connectivity index (χ3v) is 2.29. The first-order valence-electron chi connectivity index (χ1n) is 5.30. The Kier molecular flexibility index (Phi) is 6.72. The van der Waals surface area contributed by atoms with E-state index in [2.05, 4.69) is 51.5 Å². The van der Waals surface area contributed by atoms with Gasteiger partial charge in [-0.05, 0) is 19.9 Å². The topological polar surface area (TPSA) is 3.24 Å². The lowest BCUT2D eigenvalue weighted by Crippen LogP contribution is -2.30. The highest BCUT2D eigenvalue weighted by Crippen LogP contribution is 2.04. The van der Waals surface area contributed by atoms with Crippen molar-refractivity contribution in [1.82, 2.24) is 4.90 Å². The summed E-state index contributed by atoms with van der Waals surface area (Å²) in [7, 11) is 2.16. The van der Waals surface area contributed by atoms with Crippen molar-refractivity contribution in [2.75, 3.05) is 13.6 Å². The number of hydrogen-bond donors (Lipinski definition) is 0. The van der Waals surface area contributed by atoms with Gasteiger partial charge in [0, 0.05) is 12.0 Å². The minimum absolute atomic E-state index is 0.495. The molecule has 0 aromatic rings. The third-order valence-electron chi connectivity index (χ3n) is 2.29. The Balaban J connectivity index is 3.86. The second kappa shape index (κ2) is 6.97. The van der Waals surface area contributed by atoms with Crippen molar-refractivity contribution in [3.63, 3.8) is 0 Å². The molecule has 0 aromatic carbocycles. The van der Waals surface area contributed by atoms with Gasteiger partial charge in [-0.2, -0.15) is 0 Å². The summed E-state index contributed by atoms with van der Waals surface area (Å²) in [6, 6.07) is 0.696. The van der Waals surface area contributed by atoms with Gasteiger partial charge in [-0.1, -0.05) is 39.5 Å². The normalized spacial score (nSPS) is 10.8. The zero-order valence-corrected chi connectivity index (χ0v) is 9.72. The van der Waals surface area contributed by atoms with Gasteiger partial charge in [0.25, 0.3) is 0 Å². The van der Waals surface area contributed by atoms with Crippen LogP contribution in [0.1, 0.15) is 40.5 Å². The first-order chi connectivity index (χ1) is 6.11. The summed E-state index contributed by atoms with van der Waals surface area (Å²) in [5, 5.41) is 0. The molecule has 1 heteroatoms. The highest BCUT2D eigenvalue weighted by atomic mass is 15.1. The van der Waals surface area contributed by atoms with Crippen LogP contribution >= 0.6 is 0 Å². The maximum absolute atomic E-state index is 3.21. The van der Waals surface area contributed by atoms with Crippen LogP contribution in [-0.2, 0) is 0 Å². The Morgan fingerprint density at radius 2 is 1.69 bits per heavy atom. The van der Waals surface area contributed by atoms with Crippen LogP contribution in [-0.4, -0.2) is 24.5 Å². The zero-order chi connectivity index (χ0) is 10.3. The number of hydrogen-bond acceptors (Lipinski definition) is 1. The molecule has 0 fully saturated rings. The molecular formula is C12H23N. The van der Waals surface area contributed by atoms with Crippen molar-refractivity contribution < 1.29 is 0 Å². The molecule has 0 atom stereocenters. The molecule has 0 spiro atoms. The molecule has 0 heterocycles. The summed E-state index contributed by atoms with van der Waals surface area (Å²) in [4.78, 5) is 2.34. The maximum Gasteiger partial charge on any atom is 0.0601 e. The smallest absolute Gasteiger partial charge is 0.0601 e. The standard InChI is InChI=1S/C12H23N/c1-6-12(7-2)13(5)10-8-9-11(3)4/h11-12H,6-7,10H2,1-5H3. The summed E-state index contributed by atoms with van der Waals surface area (Å²) in [5.74, 6) is 6.89. The first-order valence-corrected chi connectivity index (χ1v) is 5.30. The van der Waals surface area contributed by atoms with Crippen molar-refractivity contribution >= 4 is 0 Å². The van der Waals surface area contributed by atoms with Gasteiger partial charge < -0.3 is 0 Å². The Hall–Kier alpha value is -0.480. The molecule has 13 heavy (non-hydrogen) atoms. The summed E-state index contributed by atoms with van der Waals surface area (Å²) in [6.07, 6.45) is 2.44. The molecule has 0 aliphatic carbocycles. The molecule has 0 saturated heterocycles. The predicted molar refractivity (Wildman–Crippen MR) is 59.6 cm³/mol. The van der Waals surface area contributed by atoms with Crippen LogP contribution in [0.15, 0.2) is 0 Å². The molecule has 1 nitrogen and oxygen atoms in total. The van der Waals surface area contributed by atoms with E-state index >= 15 is 0 Å². The Morgan fingerprint density at radius 3 is 2.08 bits per heavy atom. The highest BCUT2D eigenvalue weighted by molar-refractivity contribution is 5.03. The summed E-state index contributed by atoms with van der Waals surface area (Å²) >= 11 is 0. The van der Waals surface area contributed by atoms with Gasteiger partial charge in [0.1, 0.15) is 0 Å². The van der Waals surface area contributed by atoms with Gasteiger partial charge in [-0.3, -0.25) is 4.90 Å². The predicted octanol–water partition coefficient (Wildman–Crippen LogP) is 2.77. The van der Waals surface area contributed by atoms with E-state index in [1.54, 1.807) is 0 Å². The monoisotopic (exact) mass is 181 g/mol. The zero-order valence-electron chi connectivity index (χ0n) is 9.72. The average Bonchev–Trinajstić information content (AvgIpc) is 2.05. The molecule has 0 amide bonds. The van der Waals surface area contributed by atoms with Gasteiger partial charge in [0.05, 0.1) is 6.54 Å². The van der Waals surface area contributed by atoms with Crippen molar-refractivity contribution in [2.45, 2.75) is 46.6 Å². The fourth-order valence-corrected chi connectivity index (χ4v) is 1.42. The molecule has 76 valence electrons. The lowest BCUT2D eigenvalue weighted by atomic mass is 10.1. The molecule has 0 aromatic heterocycles. The van der Waals surface area contributed by atoms with Crippen LogP contribution in [0.3, 0.4) is 0 Å². The van der Waals surface area contributed by atoms with Crippen molar-refractivity contribution in [3.05, 3.63) is 0 Å². The summed E-state index contributed by atoms with van der Waals surface area (Å²) < 4.78 is 0. The van der Waals surface area contributed by atoms with Crippen LogP contribution in [0.5, 0.6) is 0 Å². The van der Waals surface area contributed by atoms with Gasteiger partial charge in [0.15, 0.2) is 0 Å². The fraction of sp³-hybridized carbons (Fsp3) is 0.833. The van der Waals surface area contributed by atoms with E-state index in [-0.39, 0.29) is 0 Å². The second-order valence-electron chi connectivity index (χ2n) is 3.86. The Bertz CT molecular complexity index is 169. The minimum atomic E-state index is 0.495. The summed E-state index contributed by atoms with van der Waals surface area (Å²) in [6.45, 7) is 9.64. The Morgan fingerprint density at radius 1 is 1.15 bits per heavy atom. The quantitative estimate of drug-likeness (QED) is 0.603. The van der Waals surface area contributed by atoms with Crippen molar-refractivity contribution in [2.24, 2.45) is 5.92 Å². The largest absolute Gasteiger partial charge is 0.292 e. The third kappa shape index (κ3) is 5.71. The molecule has 0 N–H and O–H groups in total. The molecule has 0 saturated carbocycles. The van der Waals surface area contributed by atoms with E-state index in [9.17, 15) is 0 Å². The van der Waals surface area contributed by atoms with E-state index in [1.807, 2.05) is 0 Å². The second-order valence-corrected chi connectivity index (χ2v) is 3.86. The average molecular weight is 181 g/mol. The molecule has 0 aliphatic rings. The molecule has 0 aliphatic heterocycles. The summed E-state index contributed by atoms with van der Waals surface area (Å²) in [5.41, 5.74) is 0. The van der Waals surface area contributed by atoms with Crippen molar-refractivity contribution in [1.29, 1.82) is 0 Å². The van der Waals surface area contributed by atoms with Gasteiger partial charge in [-0.15, -0.1) is 0 Å². The van der Waals surface area contributed by atoms with Gasteiger partial charge in [0.2, 0.25) is 0 Å². The van der Waals surface area contributed by atoms with Crippen molar-refractivity contribution in [3.8, 4) is 11.8 Å². The minimum Gasteiger partial charge on any atom is -0.292 e. The van der Waals surface area contributed by atoms with E-state index in [0.717, 1.165) is 6.54 Å². The number of rotatable bonds is 4. The first kappa shape index (κ1) is 12.5. The van der Waals surface area contributed by atoms with Crippen LogP contribution in [0, 0.1) is 17.8 Å². The fourth-order valence-electron chi connectivity index (χ4n) is 1.42. The van der Waals surface area contributed by atoms with Crippen LogP contribution in [0.4, 0.5) is 0 Å². The molecule has 0 radical (unpaired) electrons. The number of nitrogens with zero attached hydrogens (tertiary/aromatic N) is 1. The SMILES string of the molecule is CCC(CC)N(C)CC#CC(C)C. The van der Waals surface area contributed by atoms with E-state index in [0.29, 0.717) is 12.0 Å².